The highest BCUT2D eigenvalue weighted by atomic mass is 35.5. The summed E-state index contributed by atoms with van der Waals surface area (Å²) in [5, 5.41) is 9.37. The predicted molar refractivity (Wildman–Crippen MR) is 110 cm³/mol. The number of aryl methyl sites for hydroxylation is 2. The topological polar surface area (TPSA) is 70.2 Å². The van der Waals surface area contributed by atoms with Crippen LogP contribution in [0.4, 0.5) is 5.69 Å². The third-order valence-electron chi connectivity index (χ3n) is 4.43. The maximum Gasteiger partial charge on any atom is 0.243 e. The fourth-order valence-electron chi connectivity index (χ4n) is 2.88. The molecule has 5 nitrogen and oxygen atoms in total. The number of nitrogens with one attached hydrogen (secondary N) is 3. The van der Waals surface area contributed by atoms with Gasteiger partial charge in [0.15, 0.2) is 0 Å². The minimum atomic E-state index is -0.468. The van der Waals surface area contributed by atoms with Crippen molar-refractivity contribution in [2.24, 2.45) is 0 Å². The summed E-state index contributed by atoms with van der Waals surface area (Å²) in [5.41, 5.74) is 3.68. The van der Waals surface area contributed by atoms with Crippen LogP contribution in [0.15, 0.2) is 42.5 Å². The first kappa shape index (κ1) is 20.9. The molecule has 2 aromatic carbocycles. The molecule has 0 bridgehead atoms. The fourth-order valence-corrected chi connectivity index (χ4v) is 3.18. The molecule has 0 aliphatic rings. The van der Waals surface area contributed by atoms with E-state index in [1.54, 1.807) is 6.92 Å². The van der Waals surface area contributed by atoms with Gasteiger partial charge in [0.05, 0.1) is 12.6 Å². The monoisotopic (exact) mass is 387 g/mol. The first-order chi connectivity index (χ1) is 12.8. The Balaban J connectivity index is 1.86. The van der Waals surface area contributed by atoms with Gasteiger partial charge in [0, 0.05) is 16.8 Å². The molecule has 2 aromatic rings. The van der Waals surface area contributed by atoms with Crippen LogP contribution in [0, 0.1) is 13.8 Å². The molecule has 0 spiro atoms. The van der Waals surface area contributed by atoms with Gasteiger partial charge in [-0.25, -0.2) is 0 Å². The lowest BCUT2D eigenvalue weighted by Gasteiger charge is -2.21. The maximum atomic E-state index is 12.3. The van der Waals surface area contributed by atoms with Crippen LogP contribution in [-0.2, 0) is 9.59 Å². The molecule has 27 heavy (non-hydrogen) atoms. The smallest absolute Gasteiger partial charge is 0.243 e. The average Bonchev–Trinajstić information content (AvgIpc) is 2.63. The van der Waals surface area contributed by atoms with Crippen LogP contribution in [0.5, 0.6) is 0 Å². The van der Waals surface area contributed by atoms with E-state index >= 15 is 0 Å². The summed E-state index contributed by atoms with van der Waals surface area (Å²) >= 11 is 6.19. The number of amides is 2. The normalized spacial score (nSPS) is 12.9. The molecule has 0 radical (unpaired) electrons. The quantitative estimate of drug-likeness (QED) is 0.677. The van der Waals surface area contributed by atoms with E-state index in [-0.39, 0.29) is 24.4 Å². The highest BCUT2D eigenvalue weighted by Gasteiger charge is 2.18. The van der Waals surface area contributed by atoms with Crippen LogP contribution >= 0.6 is 11.6 Å². The minimum Gasteiger partial charge on any atom is -0.346 e. The predicted octanol–water partition coefficient (Wildman–Crippen LogP) is 3.75. The SMILES string of the molecule is Cc1cccc(C)c1NC(=O)CNC(=O)C(C)NC(C)c1ccccc1Cl. The zero-order valence-electron chi connectivity index (χ0n) is 16.1. The fraction of sp³-hybridized carbons (Fsp3) is 0.333. The molecular formula is C21H26ClN3O2. The number of benzene rings is 2. The van der Waals surface area contributed by atoms with Crippen molar-refractivity contribution in [2.45, 2.75) is 39.8 Å². The van der Waals surface area contributed by atoms with E-state index in [1.807, 2.05) is 63.2 Å². The molecule has 2 rings (SSSR count). The van der Waals surface area contributed by atoms with Crippen LogP contribution < -0.4 is 16.0 Å². The molecule has 2 unspecified atom stereocenters. The van der Waals surface area contributed by atoms with E-state index in [0.29, 0.717) is 5.02 Å². The second-order valence-electron chi connectivity index (χ2n) is 6.66. The molecule has 0 aromatic heterocycles. The highest BCUT2D eigenvalue weighted by Crippen LogP contribution is 2.22. The van der Waals surface area contributed by atoms with Crippen LogP contribution in [0.25, 0.3) is 0 Å². The first-order valence-corrected chi connectivity index (χ1v) is 9.31. The van der Waals surface area contributed by atoms with Gasteiger partial charge in [-0.2, -0.15) is 0 Å². The molecule has 0 saturated carbocycles. The van der Waals surface area contributed by atoms with E-state index in [4.69, 9.17) is 11.6 Å². The van der Waals surface area contributed by atoms with E-state index in [1.165, 1.54) is 0 Å². The van der Waals surface area contributed by atoms with Gasteiger partial charge in [0.1, 0.15) is 0 Å². The molecule has 2 atom stereocenters. The number of carbonyl (C=O) groups excluding carboxylic acids is 2. The van der Waals surface area contributed by atoms with Gasteiger partial charge in [-0.15, -0.1) is 0 Å². The summed E-state index contributed by atoms with van der Waals surface area (Å²) in [6.07, 6.45) is 0. The third kappa shape index (κ3) is 5.81. The molecule has 0 saturated heterocycles. The summed E-state index contributed by atoms with van der Waals surface area (Å²) in [7, 11) is 0. The Bertz CT molecular complexity index is 803. The van der Waals surface area contributed by atoms with Gasteiger partial charge < -0.3 is 10.6 Å². The van der Waals surface area contributed by atoms with Crippen molar-refractivity contribution < 1.29 is 9.59 Å². The van der Waals surface area contributed by atoms with Crippen molar-refractivity contribution in [3.8, 4) is 0 Å². The van der Waals surface area contributed by atoms with E-state index in [9.17, 15) is 9.59 Å². The number of anilines is 1. The number of carbonyl (C=O) groups is 2. The molecule has 6 heteroatoms. The number of rotatable bonds is 7. The van der Waals surface area contributed by atoms with Crippen molar-refractivity contribution in [3.05, 3.63) is 64.2 Å². The second-order valence-corrected chi connectivity index (χ2v) is 7.07. The van der Waals surface area contributed by atoms with Crippen molar-refractivity contribution in [2.75, 3.05) is 11.9 Å². The second kappa shape index (κ2) is 9.53. The summed E-state index contributed by atoms with van der Waals surface area (Å²) in [4.78, 5) is 24.5. The molecule has 0 aliphatic heterocycles. The zero-order chi connectivity index (χ0) is 20.0. The number of halogens is 1. The molecule has 0 aliphatic carbocycles. The molecule has 144 valence electrons. The Morgan fingerprint density at radius 1 is 1.00 bits per heavy atom. The van der Waals surface area contributed by atoms with Gasteiger partial charge >= 0.3 is 0 Å². The zero-order valence-corrected chi connectivity index (χ0v) is 16.9. The lowest BCUT2D eigenvalue weighted by Crippen LogP contribution is -2.45. The van der Waals surface area contributed by atoms with Gasteiger partial charge in [0.25, 0.3) is 0 Å². The summed E-state index contributed by atoms with van der Waals surface area (Å²) in [5.74, 6) is -0.502. The van der Waals surface area contributed by atoms with Crippen molar-refractivity contribution in [1.82, 2.24) is 10.6 Å². The Morgan fingerprint density at radius 2 is 1.63 bits per heavy atom. The Hall–Kier alpha value is -2.37. The minimum absolute atomic E-state index is 0.0842. The molecular weight excluding hydrogens is 362 g/mol. The van der Waals surface area contributed by atoms with E-state index < -0.39 is 6.04 Å². The standard InChI is InChI=1S/C21H26ClN3O2/c1-13-8-7-9-14(2)20(13)25-19(26)12-23-21(27)16(4)24-15(3)17-10-5-6-11-18(17)22/h5-11,15-16,24H,12H2,1-4H3,(H,23,27)(H,25,26). The van der Waals surface area contributed by atoms with Crippen LogP contribution in [0.1, 0.15) is 36.6 Å². The average molecular weight is 388 g/mol. The molecule has 2 amide bonds. The number of hydrogen-bond acceptors (Lipinski definition) is 3. The van der Waals surface area contributed by atoms with Crippen LogP contribution in [-0.4, -0.2) is 24.4 Å². The molecule has 3 N–H and O–H groups in total. The Kier molecular flexibility index (Phi) is 7.39. The third-order valence-corrected chi connectivity index (χ3v) is 4.78. The number of hydrogen-bond donors (Lipinski definition) is 3. The lowest BCUT2D eigenvalue weighted by atomic mass is 10.1. The number of para-hydroxylation sites is 1. The van der Waals surface area contributed by atoms with E-state index in [2.05, 4.69) is 16.0 Å². The van der Waals surface area contributed by atoms with Crippen molar-refractivity contribution >= 4 is 29.1 Å². The first-order valence-electron chi connectivity index (χ1n) is 8.94. The van der Waals surface area contributed by atoms with Crippen LogP contribution in [0.2, 0.25) is 5.02 Å². The van der Waals surface area contributed by atoms with Gasteiger partial charge in [-0.3, -0.25) is 14.9 Å². The molecule has 0 heterocycles. The largest absolute Gasteiger partial charge is 0.346 e. The maximum absolute atomic E-state index is 12.3. The summed E-state index contributed by atoms with van der Waals surface area (Å²) in [6.45, 7) is 7.48. The van der Waals surface area contributed by atoms with Gasteiger partial charge in [-0.05, 0) is 50.5 Å². The van der Waals surface area contributed by atoms with Crippen molar-refractivity contribution in [1.29, 1.82) is 0 Å². The lowest BCUT2D eigenvalue weighted by molar-refractivity contribution is -0.125. The van der Waals surface area contributed by atoms with Gasteiger partial charge in [0.2, 0.25) is 11.8 Å². The Labute approximate surface area is 165 Å². The molecule has 0 fully saturated rings. The van der Waals surface area contributed by atoms with Crippen molar-refractivity contribution in [3.63, 3.8) is 0 Å². The highest BCUT2D eigenvalue weighted by molar-refractivity contribution is 6.31. The summed E-state index contributed by atoms with van der Waals surface area (Å²) in [6, 6.07) is 12.8. The Morgan fingerprint density at radius 3 is 2.26 bits per heavy atom. The van der Waals surface area contributed by atoms with Gasteiger partial charge in [-0.1, -0.05) is 48.0 Å². The van der Waals surface area contributed by atoms with Crippen LogP contribution in [0.3, 0.4) is 0 Å². The van der Waals surface area contributed by atoms with E-state index in [0.717, 1.165) is 22.4 Å². The summed E-state index contributed by atoms with van der Waals surface area (Å²) < 4.78 is 0.